The molecule has 0 fully saturated rings. The van der Waals surface area contributed by atoms with Crippen LogP contribution in [-0.4, -0.2) is 17.7 Å². The molecule has 0 heterocycles. The summed E-state index contributed by atoms with van der Waals surface area (Å²) in [7, 11) is 0. The molecule has 1 rings (SSSR count). The molecule has 0 saturated heterocycles. The zero-order valence-corrected chi connectivity index (χ0v) is 8.15. The first-order valence-electron chi connectivity index (χ1n) is 4.15. The van der Waals surface area contributed by atoms with E-state index in [-0.39, 0.29) is 0 Å². The van der Waals surface area contributed by atoms with Crippen molar-refractivity contribution < 1.29 is 0 Å². The van der Waals surface area contributed by atoms with Gasteiger partial charge in [0.1, 0.15) is 0 Å². The number of aryl methyl sites for hydroxylation is 3. The van der Waals surface area contributed by atoms with Crippen molar-refractivity contribution in [3.8, 4) is 0 Å². The van der Waals surface area contributed by atoms with Gasteiger partial charge in [0.25, 0.3) is 0 Å². The third-order valence-electron chi connectivity index (χ3n) is 1.28. The molecule has 0 aliphatic carbocycles. The molecule has 1 aromatic carbocycles. The molecule has 55 valence electrons. The van der Waals surface area contributed by atoms with Gasteiger partial charge in [0.15, 0.2) is 0 Å². The number of rotatable bonds is 0. The summed E-state index contributed by atoms with van der Waals surface area (Å²) >= 11 is 2.00. The van der Waals surface area contributed by atoms with E-state index in [0.717, 1.165) is 0 Å². The van der Waals surface area contributed by atoms with E-state index in [2.05, 4.69) is 39.0 Å². The van der Waals surface area contributed by atoms with Crippen LogP contribution >= 0.6 is 0 Å². The Bertz CT molecular complexity index is 166. The topological polar surface area (TPSA) is 0 Å². The average Bonchev–Trinajstić information content (AvgIpc) is 1.88. The van der Waals surface area contributed by atoms with E-state index >= 15 is 0 Å². The molecule has 0 amide bonds. The first-order chi connectivity index (χ1) is 5.18. The van der Waals surface area contributed by atoms with Gasteiger partial charge in [-0.1, -0.05) is 17.7 Å². The molecule has 11 heavy (non-hydrogen) atoms. The van der Waals surface area contributed by atoms with Gasteiger partial charge >= 0.3 is 23.3 Å². The molecule has 0 atom stereocenters. The maximum atomic E-state index is 3.21. The standard InChI is InChI=1S/C9H11.CH3.Li/c1-7-4-8(2)6-9(3)5-7;;/h4-5H,1-3H3;1H3;. The van der Waals surface area contributed by atoms with Gasteiger partial charge < -0.3 is 0 Å². The molecule has 0 N–H and O–H groups in total. The van der Waals surface area contributed by atoms with E-state index in [0.29, 0.717) is 0 Å². The van der Waals surface area contributed by atoms with Crippen LogP contribution in [-0.2, 0) is 0 Å². The summed E-state index contributed by atoms with van der Waals surface area (Å²) in [5.74, 6) is 0. The molecular formula is C10H14Li. The molecule has 0 bridgehead atoms. The maximum absolute atomic E-state index is 3.21. The minimum atomic E-state index is 1.23. The molecule has 0 nitrogen and oxygen atoms in total. The van der Waals surface area contributed by atoms with Crippen LogP contribution in [0.1, 0.15) is 16.7 Å². The number of hydrogen-bond acceptors (Lipinski definition) is 0. The summed E-state index contributed by atoms with van der Waals surface area (Å²) < 4.78 is 0. The molecule has 0 unspecified atom stereocenters. The van der Waals surface area contributed by atoms with Gasteiger partial charge in [-0.05, 0) is 38.0 Å². The Morgan fingerprint density at radius 1 is 1.00 bits per heavy atom. The summed E-state index contributed by atoms with van der Waals surface area (Å²) in [5.41, 5.74) is 5.78. The van der Waals surface area contributed by atoms with Crippen LogP contribution < -0.4 is 0 Å². The monoisotopic (exact) mass is 141 g/mol. The van der Waals surface area contributed by atoms with Crippen LogP contribution in [0.15, 0.2) is 12.1 Å². The molecule has 0 aliphatic rings. The molecular weight excluding hydrogens is 127 g/mol. The van der Waals surface area contributed by atoms with E-state index in [1.165, 1.54) is 16.7 Å². The van der Waals surface area contributed by atoms with Gasteiger partial charge in [0.05, 0.1) is 0 Å². The normalized spacial score (nSPS) is 8.55. The number of hydrogen-bond donors (Lipinski definition) is 0. The average molecular weight is 141 g/mol. The van der Waals surface area contributed by atoms with E-state index in [1.54, 1.807) is 0 Å². The quantitative estimate of drug-likeness (QED) is 0.487. The predicted octanol–water partition coefficient (Wildman–Crippen LogP) is 2.62. The van der Waals surface area contributed by atoms with Crippen LogP contribution in [0.3, 0.4) is 0 Å². The van der Waals surface area contributed by atoms with Gasteiger partial charge in [-0.15, -0.1) is 0 Å². The Kier molecular flexibility index (Phi) is 5.37. The second-order valence-electron chi connectivity index (χ2n) is 2.52. The van der Waals surface area contributed by atoms with Crippen molar-refractivity contribution in [3.63, 3.8) is 0 Å². The molecule has 1 heteroatoms. The van der Waals surface area contributed by atoms with Crippen LogP contribution in [0.4, 0.5) is 0 Å². The Hall–Kier alpha value is -0.183. The van der Waals surface area contributed by atoms with E-state index in [9.17, 15) is 0 Å². The van der Waals surface area contributed by atoms with Crippen molar-refractivity contribution in [1.29, 1.82) is 0 Å². The fourth-order valence-corrected chi connectivity index (χ4v) is 1.11. The van der Waals surface area contributed by atoms with E-state index in [4.69, 9.17) is 0 Å². The Morgan fingerprint density at radius 2 is 1.36 bits per heavy atom. The van der Waals surface area contributed by atoms with Gasteiger partial charge in [-0.2, -0.15) is 0 Å². The van der Waals surface area contributed by atoms with Gasteiger partial charge in [-0.25, -0.2) is 0 Å². The first kappa shape index (κ1) is 10.8. The fourth-order valence-electron chi connectivity index (χ4n) is 1.11. The van der Waals surface area contributed by atoms with Crippen LogP contribution in [0.25, 0.3) is 0 Å². The summed E-state index contributed by atoms with van der Waals surface area (Å²) in [6.07, 6.45) is 0. The van der Waals surface area contributed by atoms with E-state index in [1.807, 2.05) is 23.3 Å². The summed E-state index contributed by atoms with van der Waals surface area (Å²) in [4.78, 5) is 0. The fraction of sp³-hybridized carbons (Fsp3) is 0.400. The summed E-state index contributed by atoms with van der Waals surface area (Å²) in [5, 5.41) is 0. The second kappa shape index (κ2) is 5.47. The summed E-state index contributed by atoms with van der Waals surface area (Å²) in [6, 6.07) is 7.47. The predicted molar refractivity (Wildman–Crippen MR) is 51.1 cm³/mol. The Morgan fingerprint density at radius 3 is 1.64 bits per heavy atom. The zero-order chi connectivity index (χ0) is 8.85. The molecule has 1 aromatic rings. The van der Waals surface area contributed by atoms with Crippen molar-refractivity contribution in [2.45, 2.75) is 26.4 Å². The van der Waals surface area contributed by atoms with Crippen molar-refractivity contribution in [3.05, 3.63) is 34.9 Å². The van der Waals surface area contributed by atoms with Crippen LogP contribution in [0.2, 0.25) is 5.60 Å². The van der Waals surface area contributed by atoms with Gasteiger partial charge in [-0.3, -0.25) is 0 Å². The van der Waals surface area contributed by atoms with Crippen molar-refractivity contribution >= 4 is 17.7 Å². The first-order valence-corrected chi connectivity index (χ1v) is 4.15. The Labute approximate surface area is 79.2 Å². The summed E-state index contributed by atoms with van der Waals surface area (Å²) in [6.45, 7) is 6.24. The molecule has 1 radical (unpaired) electrons. The van der Waals surface area contributed by atoms with Crippen LogP contribution in [0.5, 0.6) is 0 Å². The van der Waals surface area contributed by atoms with Gasteiger partial charge in [0, 0.05) is 0 Å². The third kappa shape index (κ3) is 4.30. The van der Waals surface area contributed by atoms with Crippen molar-refractivity contribution in [1.82, 2.24) is 0 Å². The van der Waals surface area contributed by atoms with Crippen LogP contribution in [0, 0.1) is 26.8 Å². The van der Waals surface area contributed by atoms with Crippen molar-refractivity contribution in [2.75, 3.05) is 0 Å². The molecule has 0 aromatic heterocycles. The van der Waals surface area contributed by atoms with Gasteiger partial charge in [0.2, 0.25) is 0 Å². The molecule has 0 spiro atoms. The Balaban J connectivity index is 0.000000461. The van der Waals surface area contributed by atoms with Crippen molar-refractivity contribution in [2.24, 2.45) is 0 Å². The second-order valence-corrected chi connectivity index (χ2v) is 2.52. The molecule has 0 saturated carbocycles. The zero-order valence-electron chi connectivity index (χ0n) is 8.15. The third-order valence-corrected chi connectivity index (χ3v) is 1.28. The SMILES string of the molecule is Cc1[c]c(C)cc(C)c1.[Li][CH3]. The number of benzene rings is 1. The van der Waals surface area contributed by atoms with E-state index < -0.39 is 0 Å². The minimum absolute atomic E-state index is 1.23. The molecule has 0 aliphatic heterocycles.